The lowest BCUT2D eigenvalue weighted by atomic mass is 10.0. The number of nitriles is 1. The van der Waals surface area contributed by atoms with E-state index in [4.69, 9.17) is 15.1 Å². The Hall–Kier alpha value is -2.58. The second kappa shape index (κ2) is 6.04. The van der Waals surface area contributed by atoms with Crippen molar-refractivity contribution < 1.29 is 9.84 Å². The van der Waals surface area contributed by atoms with Crippen molar-refractivity contribution in [2.24, 2.45) is 0 Å². The highest BCUT2D eigenvalue weighted by atomic mass is 16.5. The summed E-state index contributed by atoms with van der Waals surface area (Å²) < 4.78 is 5.33. The van der Waals surface area contributed by atoms with Crippen molar-refractivity contribution in [2.75, 3.05) is 13.2 Å². The Morgan fingerprint density at radius 3 is 2.90 bits per heavy atom. The molecule has 0 spiro atoms. The lowest BCUT2D eigenvalue weighted by Crippen LogP contribution is -2.12. The third-order valence-corrected chi connectivity index (χ3v) is 2.78. The summed E-state index contributed by atoms with van der Waals surface area (Å²) in [4.78, 5) is 14.4. The topological polar surface area (TPSA) is 86.1 Å². The number of pyridine rings is 1. The highest BCUT2D eigenvalue weighted by molar-refractivity contribution is 5.71. The number of rotatable bonds is 4. The van der Waals surface area contributed by atoms with E-state index in [1.807, 2.05) is 6.07 Å². The van der Waals surface area contributed by atoms with Gasteiger partial charge in [-0.05, 0) is 30.7 Å². The number of ether oxygens (including phenoxy) is 1. The van der Waals surface area contributed by atoms with Gasteiger partial charge in [-0.2, -0.15) is 5.26 Å². The average molecular weight is 270 g/mol. The zero-order valence-corrected chi connectivity index (χ0v) is 11.0. The molecule has 1 heterocycles. The van der Waals surface area contributed by atoms with Gasteiger partial charge in [-0.15, -0.1) is 0 Å². The quantitative estimate of drug-likeness (QED) is 0.883. The predicted octanol–water partition coefficient (Wildman–Crippen LogP) is 1.59. The van der Waals surface area contributed by atoms with Crippen LogP contribution >= 0.6 is 0 Å². The maximum Gasteiger partial charge on any atom is 0.266 e. The van der Waals surface area contributed by atoms with E-state index >= 15 is 0 Å². The highest BCUT2D eigenvalue weighted by Crippen LogP contribution is 2.25. The molecule has 0 radical (unpaired) electrons. The Morgan fingerprint density at radius 1 is 1.40 bits per heavy atom. The molecule has 2 N–H and O–H groups in total. The molecule has 102 valence electrons. The number of H-pyrrole nitrogens is 1. The Labute approximate surface area is 116 Å². The molecule has 0 aliphatic rings. The summed E-state index contributed by atoms with van der Waals surface area (Å²) in [6.07, 6.45) is 0. The first-order valence-electron chi connectivity index (χ1n) is 6.14. The second-order valence-corrected chi connectivity index (χ2v) is 4.28. The SMILES string of the molecule is Cc1cc(-c2cccc(OCCO)c2)c(C#N)c(=O)[nH]1. The molecule has 5 nitrogen and oxygen atoms in total. The molecule has 0 bridgehead atoms. The number of hydrogen-bond donors (Lipinski definition) is 2. The van der Waals surface area contributed by atoms with Crippen LogP contribution in [0.4, 0.5) is 0 Å². The summed E-state index contributed by atoms with van der Waals surface area (Å²) in [6, 6.07) is 10.8. The highest BCUT2D eigenvalue weighted by Gasteiger charge is 2.10. The van der Waals surface area contributed by atoms with Gasteiger partial charge >= 0.3 is 0 Å². The maximum atomic E-state index is 11.8. The molecule has 0 aliphatic heterocycles. The summed E-state index contributed by atoms with van der Waals surface area (Å²) in [5, 5.41) is 17.9. The smallest absolute Gasteiger partial charge is 0.266 e. The number of aromatic amines is 1. The minimum atomic E-state index is -0.399. The fourth-order valence-electron chi connectivity index (χ4n) is 1.94. The Kier molecular flexibility index (Phi) is 4.18. The van der Waals surface area contributed by atoms with E-state index in [-0.39, 0.29) is 18.8 Å². The van der Waals surface area contributed by atoms with E-state index in [0.717, 1.165) is 5.56 Å². The van der Waals surface area contributed by atoms with E-state index in [2.05, 4.69) is 4.98 Å². The van der Waals surface area contributed by atoms with Crippen molar-refractivity contribution >= 4 is 0 Å². The van der Waals surface area contributed by atoms with Crippen LogP contribution in [0.5, 0.6) is 5.75 Å². The van der Waals surface area contributed by atoms with Gasteiger partial charge in [0.25, 0.3) is 5.56 Å². The number of nitrogens with zero attached hydrogens (tertiary/aromatic N) is 1. The number of aromatic nitrogens is 1. The number of hydrogen-bond acceptors (Lipinski definition) is 4. The van der Waals surface area contributed by atoms with Crippen LogP contribution in [-0.2, 0) is 0 Å². The molecule has 0 atom stereocenters. The maximum absolute atomic E-state index is 11.8. The summed E-state index contributed by atoms with van der Waals surface area (Å²) >= 11 is 0. The Balaban J connectivity index is 2.52. The van der Waals surface area contributed by atoms with Crippen molar-refractivity contribution in [3.63, 3.8) is 0 Å². The molecule has 1 aromatic heterocycles. The van der Waals surface area contributed by atoms with Crippen molar-refractivity contribution in [1.82, 2.24) is 4.98 Å². The number of aryl methyl sites for hydroxylation is 1. The zero-order valence-electron chi connectivity index (χ0n) is 11.0. The van der Waals surface area contributed by atoms with Crippen molar-refractivity contribution in [1.29, 1.82) is 5.26 Å². The van der Waals surface area contributed by atoms with Gasteiger partial charge in [-0.25, -0.2) is 0 Å². The standard InChI is InChI=1S/C15H14N2O3/c1-10-7-13(14(9-16)15(19)17-10)11-3-2-4-12(8-11)20-6-5-18/h2-4,7-8,18H,5-6H2,1H3,(H,17,19). The van der Waals surface area contributed by atoms with Crippen LogP contribution in [0.2, 0.25) is 0 Å². The Bertz CT molecular complexity index is 714. The third-order valence-electron chi connectivity index (χ3n) is 2.78. The lowest BCUT2D eigenvalue weighted by molar-refractivity contribution is 0.201. The minimum absolute atomic E-state index is 0.0716. The summed E-state index contributed by atoms with van der Waals surface area (Å²) in [7, 11) is 0. The Morgan fingerprint density at radius 2 is 2.20 bits per heavy atom. The van der Waals surface area contributed by atoms with E-state index in [9.17, 15) is 4.79 Å². The molecule has 5 heteroatoms. The zero-order chi connectivity index (χ0) is 14.5. The molecule has 2 aromatic rings. The molecular weight excluding hydrogens is 256 g/mol. The summed E-state index contributed by atoms with van der Waals surface area (Å²) in [5.74, 6) is 0.582. The molecule has 20 heavy (non-hydrogen) atoms. The first-order chi connectivity index (χ1) is 9.65. The van der Waals surface area contributed by atoms with Gasteiger partial charge in [0.15, 0.2) is 0 Å². The van der Waals surface area contributed by atoms with Crippen molar-refractivity contribution in [3.8, 4) is 22.9 Å². The molecular formula is C15H14N2O3. The van der Waals surface area contributed by atoms with E-state index < -0.39 is 5.56 Å². The van der Waals surface area contributed by atoms with Gasteiger partial charge in [0.1, 0.15) is 24.0 Å². The van der Waals surface area contributed by atoms with Gasteiger partial charge < -0.3 is 14.8 Å². The second-order valence-electron chi connectivity index (χ2n) is 4.28. The molecule has 0 saturated carbocycles. The van der Waals surface area contributed by atoms with E-state index in [1.54, 1.807) is 37.3 Å². The fraction of sp³-hybridized carbons (Fsp3) is 0.200. The number of aliphatic hydroxyl groups is 1. The van der Waals surface area contributed by atoms with E-state index in [1.165, 1.54) is 0 Å². The normalized spacial score (nSPS) is 10.1. The first kappa shape index (κ1) is 13.8. The molecule has 0 amide bonds. The van der Waals surface area contributed by atoms with Gasteiger partial charge in [-0.3, -0.25) is 4.79 Å². The van der Waals surface area contributed by atoms with Crippen LogP contribution in [0, 0.1) is 18.3 Å². The molecule has 0 fully saturated rings. The summed E-state index contributed by atoms with van der Waals surface area (Å²) in [6.45, 7) is 1.89. The van der Waals surface area contributed by atoms with Crippen molar-refractivity contribution in [2.45, 2.75) is 6.92 Å². The number of nitrogens with one attached hydrogen (secondary N) is 1. The largest absolute Gasteiger partial charge is 0.491 e. The first-order valence-corrected chi connectivity index (χ1v) is 6.14. The van der Waals surface area contributed by atoms with Crippen LogP contribution in [0.1, 0.15) is 11.3 Å². The molecule has 0 saturated heterocycles. The van der Waals surface area contributed by atoms with E-state index in [0.29, 0.717) is 17.0 Å². The number of aliphatic hydroxyl groups excluding tert-OH is 1. The fourth-order valence-corrected chi connectivity index (χ4v) is 1.94. The molecule has 0 aliphatic carbocycles. The predicted molar refractivity (Wildman–Crippen MR) is 74.5 cm³/mol. The average Bonchev–Trinajstić information content (AvgIpc) is 2.44. The van der Waals surface area contributed by atoms with Crippen LogP contribution in [0.3, 0.4) is 0 Å². The molecule has 0 unspecified atom stereocenters. The lowest BCUT2D eigenvalue weighted by Gasteiger charge is -2.08. The monoisotopic (exact) mass is 270 g/mol. The molecule has 1 aromatic carbocycles. The van der Waals surface area contributed by atoms with Crippen molar-refractivity contribution in [3.05, 3.63) is 51.9 Å². The van der Waals surface area contributed by atoms with Crippen LogP contribution in [0.25, 0.3) is 11.1 Å². The summed E-state index contributed by atoms with van der Waals surface area (Å²) in [5.41, 5.74) is 1.67. The van der Waals surface area contributed by atoms with Crippen LogP contribution in [-0.4, -0.2) is 23.3 Å². The van der Waals surface area contributed by atoms with Crippen LogP contribution in [0.15, 0.2) is 35.1 Å². The van der Waals surface area contributed by atoms with Gasteiger partial charge in [0.05, 0.1) is 6.61 Å². The van der Waals surface area contributed by atoms with Crippen LogP contribution < -0.4 is 10.3 Å². The minimum Gasteiger partial charge on any atom is -0.491 e. The van der Waals surface area contributed by atoms with Gasteiger partial charge in [-0.1, -0.05) is 12.1 Å². The molecule has 2 rings (SSSR count). The number of benzene rings is 1. The van der Waals surface area contributed by atoms with Gasteiger partial charge in [0.2, 0.25) is 0 Å². The third kappa shape index (κ3) is 2.87. The van der Waals surface area contributed by atoms with Gasteiger partial charge in [0, 0.05) is 11.3 Å².